The van der Waals surface area contributed by atoms with Crippen molar-refractivity contribution in [1.29, 1.82) is 0 Å². The van der Waals surface area contributed by atoms with E-state index in [2.05, 4.69) is 0 Å². The van der Waals surface area contributed by atoms with E-state index in [0.29, 0.717) is 6.42 Å². The third-order valence-corrected chi connectivity index (χ3v) is 1.60. The lowest BCUT2D eigenvalue weighted by molar-refractivity contribution is -0.0888. The summed E-state index contributed by atoms with van der Waals surface area (Å²) in [7, 11) is 0. The fourth-order valence-corrected chi connectivity index (χ4v) is 1.03. The van der Waals surface area contributed by atoms with Gasteiger partial charge in [0.15, 0.2) is 0 Å². The van der Waals surface area contributed by atoms with E-state index in [-0.39, 0.29) is 5.92 Å². The highest BCUT2D eigenvalue weighted by Crippen LogP contribution is 2.30. The maximum Gasteiger partial charge on any atom is 0.416 e. The van der Waals surface area contributed by atoms with Crippen molar-refractivity contribution in [3.63, 3.8) is 0 Å². The number of hydrogen-bond acceptors (Lipinski definition) is 0. The first-order valence-corrected chi connectivity index (χ1v) is 5.45. The van der Waals surface area contributed by atoms with Crippen LogP contribution in [-0.4, -0.2) is 6.18 Å². The number of alkyl halides is 3. The lowest BCUT2D eigenvalue weighted by Gasteiger charge is -2.14. The summed E-state index contributed by atoms with van der Waals surface area (Å²) in [6, 6.07) is 0. The highest BCUT2D eigenvalue weighted by molar-refractivity contribution is 5.27. The van der Waals surface area contributed by atoms with Crippen molar-refractivity contribution >= 4 is 0 Å². The Morgan fingerprint density at radius 1 is 1.13 bits per heavy atom. The second-order valence-electron chi connectivity index (χ2n) is 2.74. The Morgan fingerprint density at radius 2 is 1.60 bits per heavy atom. The SMILES string of the molecule is CC.CC.CC1C=C(C(F)(F)F)C=CC1. The van der Waals surface area contributed by atoms with Gasteiger partial charge in [-0.25, -0.2) is 0 Å². The van der Waals surface area contributed by atoms with E-state index >= 15 is 0 Å². The van der Waals surface area contributed by atoms with Gasteiger partial charge in [-0.15, -0.1) is 0 Å². The summed E-state index contributed by atoms with van der Waals surface area (Å²) in [6.07, 6.45) is 0.498. The van der Waals surface area contributed by atoms with Crippen LogP contribution in [0.2, 0.25) is 0 Å². The quantitative estimate of drug-likeness (QED) is 0.533. The van der Waals surface area contributed by atoms with Gasteiger partial charge in [-0.1, -0.05) is 52.8 Å². The highest BCUT2D eigenvalue weighted by atomic mass is 19.4. The predicted molar refractivity (Wildman–Crippen MR) is 59.8 cm³/mol. The van der Waals surface area contributed by atoms with Crippen LogP contribution in [0, 0.1) is 5.92 Å². The number of hydrogen-bond donors (Lipinski definition) is 0. The van der Waals surface area contributed by atoms with Gasteiger partial charge in [0, 0.05) is 0 Å². The monoisotopic (exact) mass is 222 g/mol. The van der Waals surface area contributed by atoms with Crippen molar-refractivity contribution in [1.82, 2.24) is 0 Å². The molecular formula is C12H21F3. The molecule has 0 aromatic rings. The Morgan fingerprint density at radius 3 is 1.87 bits per heavy atom. The van der Waals surface area contributed by atoms with Crippen LogP contribution >= 0.6 is 0 Å². The van der Waals surface area contributed by atoms with Crippen molar-refractivity contribution < 1.29 is 13.2 Å². The summed E-state index contributed by atoms with van der Waals surface area (Å²) in [6.45, 7) is 9.77. The molecule has 0 aromatic carbocycles. The van der Waals surface area contributed by atoms with E-state index in [0.717, 1.165) is 6.08 Å². The van der Waals surface area contributed by atoms with Crippen molar-refractivity contribution in [2.45, 2.75) is 47.2 Å². The lowest BCUT2D eigenvalue weighted by Crippen LogP contribution is -2.13. The molecule has 1 aliphatic rings. The molecule has 0 bridgehead atoms. The van der Waals surface area contributed by atoms with E-state index in [4.69, 9.17) is 0 Å². The zero-order valence-electron chi connectivity index (χ0n) is 10.2. The molecule has 0 fully saturated rings. The van der Waals surface area contributed by atoms with Crippen LogP contribution in [0.5, 0.6) is 0 Å². The fraction of sp³-hybridized carbons (Fsp3) is 0.667. The zero-order valence-corrected chi connectivity index (χ0v) is 10.2. The maximum atomic E-state index is 12.0. The van der Waals surface area contributed by atoms with E-state index in [9.17, 15) is 13.2 Å². The molecule has 0 nitrogen and oxygen atoms in total. The fourth-order valence-electron chi connectivity index (χ4n) is 1.03. The van der Waals surface area contributed by atoms with Crippen LogP contribution in [0.25, 0.3) is 0 Å². The molecule has 0 radical (unpaired) electrons. The van der Waals surface area contributed by atoms with E-state index in [1.165, 1.54) is 6.08 Å². The first kappa shape index (κ1) is 16.7. The van der Waals surface area contributed by atoms with Crippen molar-refractivity contribution in [3.8, 4) is 0 Å². The second-order valence-corrected chi connectivity index (χ2v) is 2.74. The van der Waals surface area contributed by atoms with Gasteiger partial charge in [-0.3, -0.25) is 0 Å². The van der Waals surface area contributed by atoms with Gasteiger partial charge in [-0.2, -0.15) is 13.2 Å². The lowest BCUT2D eigenvalue weighted by atomic mass is 9.98. The molecule has 0 saturated carbocycles. The van der Waals surface area contributed by atoms with Crippen molar-refractivity contribution in [3.05, 3.63) is 23.8 Å². The van der Waals surface area contributed by atoms with Gasteiger partial charge in [0.25, 0.3) is 0 Å². The largest absolute Gasteiger partial charge is 0.416 e. The molecule has 1 rings (SSSR count). The number of rotatable bonds is 0. The smallest absolute Gasteiger partial charge is 0.166 e. The minimum Gasteiger partial charge on any atom is -0.166 e. The van der Waals surface area contributed by atoms with Gasteiger partial charge in [-0.05, 0) is 12.3 Å². The Balaban J connectivity index is 0. The van der Waals surface area contributed by atoms with Crippen LogP contribution in [0.4, 0.5) is 13.2 Å². The first-order chi connectivity index (χ1) is 7.00. The molecule has 15 heavy (non-hydrogen) atoms. The molecule has 0 amide bonds. The molecule has 0 N–H and O–H groups in total. The van der Waals surface area contributed by atoms with Crippen LogP contribution in [0.15, 0.2) is 23.8 Å². The van der Waals surface area contributed by atoms with E-state index < -0.39 is 11.7 Å². The molecule has 3 heteroatoms. The molecule has 1 atom stereocenters. The molecule has 0 saturated heterocycles. The minimum atomic E-state index is -4.18. The molecule has 0 heterocycles. The zero-order chi connectivity index (χ0) is 12.5. The predicted octanol–water partition coefficient (Wildman–Crippen LogP) is 5.12. The topological polar surface area (TPSA) is 0 Å². The Labute approximate surface area is 90.9 Å². The number of halogens is 3. The average Bonchev–Trinajstić information content (AvgIpc) is 2.23. The summed E-state index contributed by atoms with van der Waals surface area (Å²) in [5, 5.41) is 0. The van der Waals surface area contributed by atoms with E-state index in [1.54, 1.807) is 13.0 Å². The van der Waals surface area contributed by atoms with Crippen LogP contribution in [0.1, 0.15) is 41.0 Å². The Bertz CT molecular complexity index is 199. The minimum absolute atomic E-state index is 0.0108. The molecule has 0 aromatic heterocycles. The van der Waals surface area contributed by atoms with Crippen LogP contribution in [0.3, 0.4) is 0 Å². The third-order valence-electron chi connectivity index (χ3n) is 1.60. The van der Waals surface area contributed by atoms with Crippen LogP contribution < -0.4 is 0 Å². The average molecular weight is 222 g/mol. The third kappa shape index (κ3) is 7.23. The summed E-state index contributed by atoms with van der Waals surface area (Å²) in [5.41, 5.74) is -0.517. The van der Waals surface area contributed by atoms with E-state index in [1.807, 2.05) is 27.7 Å². The van der Waals surface area contributed by atoms with Gasteiger partial charge in [0.1, 0.15) is 0 Å². The molecule has 0 aliphatic heterocycles. The van der Waals surface area contributed by atoms with Gasteiger partial charge in [0.05, 0.1) is 5.57 Å². The normalized spacial score (nSPS) is 19.2. The van der Waals surface area contributed by atoms with Crippen molar-refractivity contribution in [2.24, 2.45) is 5.92 Å². The molecule has 0 spiro atoms. The number of allylic oxidation sites excluding steroid dienone is 4. The van der Waals surface area contributed by atoms with Crippen LogP contribution in [-0.2, 0) is 0 Å². The molecule has 1 aliphatic carbocycles. The summed E-state index contributed by atoms with van der Waals surface area (Å²) in [5.74, 6) is 0.0108. The Hall–Kier alpha value is -0.730. The maximum absolute atomic E-state index is 12.0. The van der Waals surface area contributed by atoms with Crippen molar-refractivity contribution in [2.75, 3.05) is 0 Å². The summed E-state index contributed by atoms with van der Waals surface area (Å²) >= 11 is 0. The summed E-state index contributed by atoms with van der Waals surface area (Å²) in [4.78, 5) is 0. The highest BCUT2D eigenvalue weighted by Gasteiger charge is 2.32. The Kier molecular flexibility index (Phi) is 9.53. The summed E-state index contributed by atoms with van der Waals surface area (Å²) < 4.78 is 36.0. The first-order valence-electron chi connectivity index (χ1n) is 5.45. The standard InChI is InChI=1S/C8H9F3.2C2H6/c1-6-3-2-4-7(5-6)8(9,10)11;2*1-2/h2,4-6H,3H2,1H3;2*1-2H3. The molecule has 90 valence electrons. The van der Waals surface area contributed by atoms with Gasteiger partial charge >= 0.3 is 6.18 Å². The van der Waals surface area contributed by atoms with Gasteiger partial charge < -0.3 is 0 Å². The molecular weight excluding hydrogens is 201 g/mol. The molecule has 1 unspecified atom stereocenters. The second kappa shape index (κ2) is 8.57. The van der Waals surface area contributed by atoms with Gasteiger partial charge in [0.2, 0.25) is 0 Å².